The average Bonchev–Trinajstić information content (AvgIpc) is 3.05. The summed E-state index contributed by atoms with van der Waals surface area (Å²) in [6, 6.07) is 14.8. The third-order valence-corrected chi connectivity index (χ3v) is 5.26. The Balaban J connectivity index is 1.83. The minimum atomic E-state index is 1.01. The molecule has 0 N–H and O–H groups in total. The van der Waals surface area contributed by atoms with Crippen LogP contribution in [0.25, 0.3) is 26.4 Å². The van der Waals surface area contributed by atoms with Crippen molar-refractivity contribution in [2.24, 2.45) is 0 Å². The zero-order valence-corrected chi connectivity index (χ0v) is 14.6. The minimum Gasteiger partial charge on any atom is -0.378 e. The van der Waals surface area contributed by atoms with Crippen LogP contribution < -0.4 is 4.90 Å². The lowest BCUT2D eigenvalue weighted by Gasteiger charge is -2.12. The molecule has 2 aromatic carbocycles. The van der Waals surface area contributed by atoms with Gasteiger partial charge in [0.1, 0.15) is 0 Å². The topological polar surface area (TPSA) is 20.5 Å². The monoisotopic (exact) mass is 371 g/mol. The summed E-state index contributed by atoms with van der Waals surface area (Å²) in [7, 11) is 4.09. The van der Waals surface area contributed by atoms with E-state index < -0.39 is 0 Å². The maximum absolute atomic E-state index is 4.78. The van der Waals surface area contributed by atoms with Crippen LogP contribution in [0.15, 0.2) is 53.1 Å². The normalized spacial score (nSPS) is 11.4. The van der Waals surface area contributed by atoms with E-state index in [9.17, 15) is 0 Å². The first-order valence-electron chi connectivity index (χ1n) is 6.97. The predicted molar refractivity (Wildman–Crippen MR) is 98.0 cm³/mol. The van der Waals surface area contributed by atoms with E-state index in [0.717, 1.165) is 20.7 Å². The van der Waals surface area contributed by atoms with Crippen molar-refractivity contribution in [3.05, 3.63) is 53.1 Å². The number of rotatable bonds is 2. The van der Waals surface area contributed by atoms with Crippen molar-refractivity contribution in [1.82, 2.24) is 9.38 Å². The molecule has 4 rings (SSSR count). The molecule has 0 atom stereocenters. The SMILES string of the molecule is CN(C)c1ccc(-c2cn3c(n2)sc2ccc(Br)cc23)cc1. The molecule has 0 radical (unpaired) electrons. The Hall–Kier alpha value is -1.85. The number of benzene rings is 2. The second kappa shape index (κ2) is 5.11. The smallest absolute Gasteiger partial charge is 0.195 e. The van der Waals surface area contributed by atoms with Crippen molar-refractivity contribution < 1.29 is 0 Å². The average molecular weight is 372 g/mol. The molecule has 0 amide bonds. The number of hydrogen-bond acceptors (Lipinski definition) is 3. The van der Waals surface area contributed by atoms with Crippen LogP contribution in [0.5, 0.6) is 0 Å². The highest BCUT2D eigenvalue weighted by molar-refractivity contribution is 9.10. The van der Waals surface area contributed by atoms with Crippen molar-refractivity contribution >= 4 is 48.1 Å². The molecule has 22 heavy (non-hydrogen) atoms. The van der Waals surface area contributed by atoms with Crippen LogP contribution >= 0.6 is 27.3 Å². The van der Waals surface area contributed by atoms with Gasteiger partial charge in [-0.1, -0.05) is 39.4 Å². The fourth-order valence-corrected chi connectivity index (χ4v) is 3.88. The third kappa shape index (κ3) is 2.21. The molecule has 0 bridgehead atoms. The van der Waals surface area contributed by atoms with Crippen molar-refractivity contribution in [2.45, 2.75) is 0 Å². The van der Waals surface area contributed by atoms with E-state index >= 15 is 0 Å². The zero-order valence-electron chi connectivity index (χ0n) is 12.2. The van der Waals surface area contributed by atoms with Crippen LogP contribution in [0.3, 0.4) is 0 Å². The molecule has 2 aromatic heterocycles. The largest absolute Gasteiger partial charge is 0.378 e. The molecule has 2 heterocycles. The van der Waals surface area contributed by atoms with Crippen LogP contribution in [-0.4, -0.2) is 23.5 Å². The van der Waals surface area contributed by atoms with Crippen LogP contribution in [0.4, 0.5) is 5.69 Å². The Kier molecular flexibility index (Phi) is 3.20. The maximum atomic E-state index is 4.78. The molecule has 0 aliphatic heterocycles. The van der Waals surface area contributed by atoms with Gasteiger partial charge in [-0.05, 0) is 30.3 Å². The summed E-state index contributed by atoms with van der Waals surface area (Å²) in [5, 5.41) is 0. The number of halogens is 1. The van der Waals surface area contributed by atoms with E-state index in [4.69, 9.17) is 4.98 Å². The quantitative estimate of drug-likeness (QED) is 0.491. The van der Waals surface area contributed by atoms with Crippen molar-refractivity contribution in [3.63, 3.8) is 0 Å². The van der Waals surface area contributed by atoms with Crippen LogP contribution in [0, 0.1) is 0 Å². The van der Waals surface area contributed by atoms with E-state index in [1.807, 2.05) is 14.1 Å². The molecule has 0 saturated heterocycles. The summed E-state index contributed by atoms with van der Waals surface area (Å²) in [6.45, 7) is 0. The number of thiazole rings is 1. The van der Waals surface area contributed by atoms with E-state index in [0.29, 0.717) is 0 Å². The van der Waals surface area contributed by atoms with Gasteiger partial charge in [0.05, 0.1) is 15.9 Å². The van der Waals surface area contributed by atoms with Crippen LogP contribution in [-0.2, 0) is 0 Å². The minimum absolute atomic E-state index is 1.01. The van der Waals surface area contributed by atoms with E-state index in [2.05, 4.69) is 73.9 Å². The summed E-state index contributed by atoms with van der Waals surface area (Å²) in [4.78, 5) is 7.90. The van der Waals surface area contributed by atoms with Gasteiger partial charge in [-0.2, -0.15) is 0 Å². The zero-order chi connectivity index (χ0) is 15.3. The molecule has 0 saturated carbocycles. The number of hydrogen-bond donors (Lipinski definition) is 0. The summed E-state index contributed by atoms with van der Waals surface area (Å²) in [5.41, 5.74) is 4.54. The highest BCUT2D eigenvalue weighted by Gasteiger charge is 2.10. The first-order chi connectivity index (χ1) is 10.6. The van der Waals surface area contributed by atoms with Gasteiger partial charge in [-0.15, -0.1) is 0 Å². The highest BCUT2D eigenvalue weighted by Crippen LogP contribution is 2.31. The Bertz CT molecular complexity index is 967. The molecule has 0 spiro atoms. The molecule has 5 heteroatoms. The van der Waals surface area contributed by atoms with Crippen LogP contribution in [0.1, 0.15) is 0 Å². The number of aromatic nitrogens is 2. The molecule has 0 fully saturated rings. The molecule has 0 unspecified atom stereocenters. The van der Waals surface area contributed by atoms with Crippen LogP contribution in [0.2, 0.25) is 0 Å². The number of anilines is 1. The Labute approximate surface area is 141 Å². The molecule has 0 aliphatic rings. The molecular weight excluding hydrogens is 358 g/mol. The Morgan fingerprint density at radius 2 is 1.86 bits per heavy atom. The Morgan fingerprint density at radius 3 is 2.59 bits per heavy atom. The van der Waals surface area contributed by atoms with E-state index in [-0.39, 0.29) is 0 Å². The fourth-order valence-electron chi connectivity index (χ4n) is 2.54. The standard InChI is InChI=1S/C17H14BrN3S/c1-20(2)13-6-3-11(4-7-13)14-10-21-15-9-12(18)5-8-16(15)22-17(21)19-14/h3-10H,1-2H3. The molecule has 4 aromatic rings. The number of fused-ring (bicyclic) bond motifs is 3. The lowest BCUT2D eigenvalue weighted by Crippen LogP contribution is -2.07. The third-order valence-electron chi connectivity index (χ3n) is 3.73. The van der Waals surface area contributed by atoms with Crippen molar-refractivity contribution in [2.75, 3.05) is 19.0 Å². The first kappa shape index (κ1) is 13.8. The van der Waals surface area contributed by atoms with Gasteiger partial charge in [0, 0.05) is 36.0 Å². The van der Waals surface area contributed by atoms with Gasteiger partial charge < -0.3 is 4.90 Å². The van der Waals surface area contributed by atoms with Gasteiger partial charge >= 0.3 is 0 Å². The second-order valence-corrected chi connectivity index (χ2v) is 7.36. The van der Waals surface area contributed by atoms with Crippen molar-refractivity contribution in [3.8, 4) is 11.3 Å². The predicted octanol–water partition coefficient (Wildman–Crippen LogP) is 5.04. The molecule has 3 nitrogen and oxygen atoms in total. The highest BCUT2D eigenvalue weighted by atomic mass is 79.9. The molecule has 110 valence electrons. The van der Waals surface area contributed by atoms with Gasteiger partial charge in [0.2, 0.25) is 0 Å². The van der Waals surface area contributed by atoms with Gasteiger partial charge in [-0.3, -0.25) is 4.40 Å². The number of nitrogens with zero attached hydrogens (tertiary/aromatic N) is 3. The lowest BCUT2D eigenvalue weighted by atomic mass is 10.1. The van der Waals surface area contributed by atoms with E-state index in [1.54, 1.807) is 11.3 Å². The molecule has 0 aliphatic carbocycles. The number of imidazole rings is 1. The van der Waals surface area contributed by atoms with Gasteiger partial charge in [0.15, 0.2) is 4.96 Å². The summed E-state index contributed by atoms with van der Waals surface area (Å²) < 4.78 is 4.51. The van der Waals surface area contributed by atoms with E-state index in [1.165, 1.54) is 15.9 Å². The lowest BCUT2D eigenvalue weighted by molar-refractivity contribution is 1.13. The van der Waals surface area contributed by atoms with Gasteiger partial charge in [0.25, 0.3) is 0 Å². The summed E-state index contributed by atoms with van der Waals surface area (Å²) in [6.07, 6.45) is 2.12. The van der Waals surface area contributed by atoms with Crippen molar-refractivity contribution in [1.29, 1.82) is 0 Å². The Morgan fingerprint density at radius 1 is 1.09 bits per heavy atom. The summed E-state index contributed by atoms with van der Waals surface area (Å²) in [5.74, 6) is 0. The maximum Gasteiger partial charge on any atom is 0.195 e. The fraction of sp³-hybridized carbons (Fsp3) is 0.118. The van der Waals surface area contributed by atoms with Gasteiger partial charge in [-0.25, -0.2) is 4.98 Å². The first-order valence-corrected chi connectivity index (χ1v) is 8.58. The molecular formula is C17H14BrN3S. The second-order valence-electron chi connectivity index (χ2n) is 5.43. The summed E-state index contributed by atoms with van der Waals surface area (Å²) >= 11 is 5.26.